The molecule has 0 aromatic heterocycles. The predicted octanol–water partition coefficient (Wildman–Crippen LogP) is 1.83. The Hall–Kier alpha value is -0.570. The molecule has 0 amide bonds. The average Bonchev–Trinajstić information content (AvgIpc) is 1.99. The summed E-state index contributed by atoms with van der Waals surface area (Å²) in [6.45, 7) is 4.25. The molecule has 78 valence electrons. The van der Waals surface area contributed by atoms with Crippen LogP contribution in [-0.2, 0) is 4.79 Å². The van der Waals surface area contributed by atoms with Gasteiger partial charge in [-0.15, -0.1) is 0 Å². The molecule has 0 heterocycles. The summed E-state index contributed by atoms with van der Waals surface area (Å²) in [5.74, 6) is -0.252. The zero-order valence-electron chi connectivity index (χ0n) is 9.08. The first kappa shape index (κ1) is 12.4. The molecule has 0 saturated heterocycles. The molecule has 3 nitrogen and oxygen atoms in total. The molecule has 3 heteroatoms. The first-order valence-corrected chi connectivity index (χ1v) is 4.87. The number of hydrogen-bond donors (Lipinski definition) is 1. The van der Waals surface area contributed by atoms with Gasteiger partial charge in [-0.2, -0.15) is 0 Å². The van der Waals surface area contributed by atoms with Gasteiger partial charge in [-0.05, 0) is 26.4 Å². The average molecular weight is 187 g/mol. The fourth-order valence-corrected chi connectivity index (χ4v) is 1.72. The SMILES string of the molecule is CCCC(C)C(CC(=O)O)N(C)C. The fourth-order valence-electron chi connectivity index (χ4n) is 1.72. The van der Waals surface area contributed by atoms with Crippen LogP contribution in [0.2, 0.25) is 0 Å². The highest BCUT2D eigenvalue weighted by molar-refractivity contribution is 5.67. The van der Waals surface area contributed by atoms with Crippen molar-refractivity contribution in [3.05, 3.63) is 0 Å². The van der Waals surface area contributed by atoms with Gasteiger partial charge in [0.15, 0.2) is 0 Å². The molecule has 0 aliphatic carbocycles. The lowest BCUT2D eigenvalue weighted by molar-refractivity contribution is -0.138. The molecule has 2 unspecified atom stereocenters. The van der Waals surface area contributed by atoms with Gasteiger partial charge in [0, 0.05) is 6.04 Å². The highest BCUT2D eigenvalue weighted by Gasteiger charge is 2.21. The lowest BCUT2D eigenvalue weighted by Crippen LogP contribution is -2.36. The number of carboxylic acid groups (broad SMARTS) is 1. The van der Waals surface area contributed by atoms with Crippen LogP contribution < -0.4 is 0 Å². The Labute approximate surface area is 80.7 Å². The van der Waals surface area contributed by atoms with E-state index in [-0.39, 0.29) is 12.5 Å². The summed E-state index contributed by atoms with van der Waals surface area (Å²) >= 11 is 0. The van der Waals surface area contributed by atoms with Gasteiger partial charge < -0.3 is 10.0 Å². The maximum atomic E-state index is 10.6. The number of nitrogens with zero attached hydrogens (tertiary/aromatic N) is 1. The lowest BCUT2D eigenvalue weighted by Gasteiger charge is -2.28. The van der Waals surface area contributed by atoms with Crippen LogP contribution in [0, 0.1) is 5.92 Å². The van der Waals surface area contributed by atoms with E-state index in [4.69, 9.17) is 5.11 Å². The van der Waals surface area contributed by atoms with E-state index in [1.807, 2.05) is 19.0 Å². The monoisotopic (exact) mass is 187 g/mol. The van der Waals surface area contributed by atoms with Gasteiger partial charge in [-0.3, -0.25) is 4.79 Å². The molecule has 2 atom stereocenters. The van der Waals surface area contributed by atoms with Gasteiger partial charge >= 0.3 is 5.97 Å². The second-order valence-corrected chi connectivity index (χ2v) is 3.89. The molecule has 1 N–H and O–H groups in total. The van der Waals surface area contributed by atoms with Crippen molar-refractivity contribution >= 4 is 5.97 Å². The van der Waals surface area contributed by atoms with E-state index in [1.165, 1.54) is 0 Å². The summed E-state index contributed by atoms with van der Waals surface area (Å²) in [4.78, 5) is 12.6. The van der Waals surface area contributed by atoms with Crippen molar-refractivity contribution in [1.82, 2.24) is 4.90 Å². The summed E-state index contributed by atoms with van der Waals surface area (Å²) in [7, 11) is 3.89. The zero-order chi connectivity index (χ0) is 10.4. The highest BCUT2D eigenvalue weighted by Crippen LogP contribution is 2.17. The largest absolute Gasteiger partial charge is 0.481 e. The maximum Gasteiger partial charge on any atom is 0.304 e. The van der Waals surface area contributed by atoms with E-state index < -0.39 is 5.97 Å². The highest BCUT2D eigenvalue weighted by atomic mass is 16.4. The van der Waals surface area contributed by atoms with Gasteiger partial charge in [0.05, 0.1) is 6.42 Å². The van der Waals surface area contributed by atoms with Crippen molar-refractivity contribution in [2.45, 2.75) is 39.2 Å². The summed E-state index contributed by atoms with van der Waals surface area (Å²) in [6.07, 6.45) is 2.45. The molecule has 0 aliphatic heterocycles. The standard InChI is InChI=1S/C10H21NO2/c1-5-6-8(2)9(11(3)4)7-10(12)13/h8-9H,5-7H2,1-4H3,(H,12,13). The molecule has 0 aromatic carbocycles. The maximum absolute atomic E-state index is 10.6. The Balaban J connectivity index is 4.14. The third kappa shape index (κ3) is 4.88. The van der Waals surface area contributed by atoms with E-state index >= 15 is 0 Å². The molecule has 0 bridgehead atoms. The molecule has 0 spiro atoms. The number of aliphatic carboxylic acids is 1. The van der Waals surface area contributed by atoms with Crippen LogP contribution in [0.15, 0.2) is 0 Å². The zero-order valence-corrected chi connectivity index (χ0v) is 9.08. The number of rotatable bonds is 6. The van der Waals surface area contributed by atoms with Gasteiger partial charge in [-0.25, -0.2) is 0 Å². The van der Waals surface area contributed by atoms with Crippen molar-refractivity contribution in [2.24, 2.45) is 5.92 Å². The Kier molecular flexibility index (Phi) is 5.71. The van der Waals surface area contributed by atoms with Crippen LogP contribution >= 0.6 is 0 Å². The second-order valence-electron chi connectivity index (χ2n) is 3.89. The normalized spacial score (nSPS) is 15.8. The predicted molar refractivity (Wildman–Crippen MR) is 53.8 cm³/mol. The van der Waals surface area contributed by atoms with Crippen molar-refractivity contribution < 1.29 is 9.90 Å². The Morgan fingerprint density at radius 2 is 2.00 bits per heavy atom. The third-order valence-corrected chi connectivity index (χ3v) is 2.45. The Bertz CT molecular complexity index is 157. The minimum atomic E-state index is -0.707. The lowest BCUT2D eigenvalue weighted by atomic mass is 9.93. The Morgan fingerprint density at radius 1 is 1.46 bits per heavy atom. The molecule has 0 fully saturated rings. The molecule has 0 aromatic rings. The van der Waals surface area contributed by atoms with Crippen molar-refractivity contribution in [2.75, 3.05) is 14.1 Å². The van der Waals surface area contributed by atoms with Crippen LogP contribution in [0.25, 0.3) is 0 Å². The second kappa shape index (κ2) is 5.97. The van der Waals surface area contributed by atoms with E-state index in [0.29, 0.717) is 5.92 Å². The molecule has 13 heavy (non-hydrogen) atoms. The van der Waals surface area contributed by atoms with Gasteiger partial charge in [0.2, 0.25) is 0 Å². The van der Waals surface area contributed by atoms with Gasteiger partial charge in [-0.1, -0.05) is 20.3 Å². The van der Waals surface area contributed by atoms with E-state index in [2.05, 4.69) is 13.8 Å². The van der Waals surface area contributed by atoms with E-state index in [9.17, 15) is 4.79 Å². The smallest absolute Gasteiger partial charge is 0.304 e. The quantitative estimate of drug-likeness (QED) is 0.689. The van der Waals surface area contributed by atoms with Crippen LogP contribution in [-0.4, -0.2) is 36.1 Å². The van der Waals surface area contributed by atoms with Crippen molar-refractivity contribution in [3.8, 4) is 0 Å². The number of hydrogen-bond acceptors (Lipinski definition) is 2. The first-order chi connectivity index (χ1) is 5.99. The summed E-state index contributed by atoms with van der Waals surface area (Å²) in [5, 5.41) is 8.72. The summed E-state index contributed by atoms with van der Waals surface area (Å²) in [6, 6.07) is 0.164. The van der Waals surface area contributed by atoms with Crippen LogP contribution in [0.5, 0.6) is 0 Å². The van der Waals surface area contributed by atoms with Crippen LogP contribution in [0.3, 0.4) is 0 Å². The molecule has 0 aliphatic rings. The molecule has 0 radical (unpaired) electrons. The van der Waals surface area contributed by atoms with Crippen LogP contribution in [0.4, 0.5) is 0 Å². The van der Waals surface area contributed by atoms with Gasteiger partial charge in [0.1, 0.15) is 0 Å². The van der Waals surface area contributed by atoms with E-state index in [1.54, 1.807) is 0 Å². The first-order valence-electron chi connectivity index (χ1n) is 4.87. The molecule has 0 rings (SSSR count). The minimum Gasteiger partial charge on any atom is -0.481 e. The molecule has 0 saturated carbocycles. The number of carboxylic acids is 1. The Morgan fingerprint density at radius 3 is 2.31 bits per heavy atom. The fraction of sp³-hybridized carbons (Fsp3) is 0.900. The summed E-state index contributed by atoms with van der Waals surface area (Å²) < 4.78 is 0. The summed E-state index contributed by atoms with van der Waals surface area (Å²) in [5.41, 5.74) is 0. The van der Waals surface area contributed by atoms with E-state index in [0.717, 1.165) is 12.8 Å². The number of carbonyl (C=O) groups is 1. The minimum absolute atomic E-state index is 0.164. The van der Waals surface area contributed by atoms with Crippen molar-refractivity contribution in [3.63, 3.8) is 0 Å². The molecular weight excluding hydrogens is 166 g/mol. The van der Waals surface area contributed by atoms with Crippen LogP contribution in [0.1, 0.15) is 33.1 Å². The third-order valence-electron chi connectivity index (χ3n) is 2.45. The van der Waals surface area contributed by atoms with Gasteiger partial charge in [0.25, 0.3) is 0 Å². The van der Waals surface area contributed by atoms with Crippen molar-refractivity contribution in [1.29, 1.82) is 0 Å². The molecular formula is C10H21NO2. The topological polar surface area (TPSA) is 40.5 Å².